The first-order valence-corrected chi connectivity index (χ1v) is 6.53. The molecule has 0 radical (unpaired) electrons. The monoisotopic (exact) mass is 306 g/mol. The highest BCUT2D eigenvalue weighted by atomic mass is 16.6. The van der Waals surface area contributed by atoms with Gasteiger partial charge in [-0.25, -0.2) is 4.79 Å². The summed E-state index contributed by atoms with van der Waals surface area (Å²) in [6.07, 6.45) is -0.924. The Bertz CT molecular complexity index is 643. The highest BCUT2D eigenvalue weighted by molar-refractivity contribution is 5.87. The molecule has 0 saturated heterocycles. The van der Waals surface area contributed by atoms with Crippen LogP contribution in [-0.4, -0.2) is 22.8 Å². The molecule has 0 spiro atoms. The minimum atomic E-state index is -1.03. The number of carboxylic acid groups (broad SMARTS) is 1. The number of benzene rings is 1. The van der Waals surface area contributed by atoms with E-state index in [9.17, 15) is 9.59 Å². The van der Waals surface area contributed by atoms with Crippen molar-refractivity contribution in [3.05, 3.63) is 33.7 Å². The van der Waals surface area contributed by atoms with E-state index in [4.69, 9.17) is 15.4 Å². The van der Waals surface area contributed by atoms with E-state index >= 15 is 0 Å². The van der Waals surface area contributed by atoms with Crippen LogP contribution in [0.1, 0.15) is 31.9 Å². The van der Waals surface area contributed by atoms with Crippen LogP contribution in [0.3, 0.4) is 0 Å². The Hall–Kier alpha value is -2.73. The van der Waals surface area contributed by atoms with Gasteiger partial charge in [-0.05, 0) is 56.5 Å². The lowest BCUT2D eigenvalue weighted by Crippen LogP contribution is -2.27. The molecule has 1 amide bonds. The summed E-state index contributed by atoms with van der Waals surface area (Å²) in [4.78, 5) is 25.4. The van der Waals surface area contributed by atoms with Crippen LogP contribution < -0.4 is 5.32 Å². The molecular formula is C14H18N4O4. The Morgan fingerprint density at radius 1 is 1.41 bits per heavy atom. The predicted octanol–water partition coefficient (Wildman–Crippen LogP) is 3.91. The van der Waals surface area contributed by atoms with Crippen LogP contribution >= 0.6 is 0 Å². The van der Waals surface area contributed by atoms with Gasteiger partial charge in [0, 0.05) is 16.3 Å². The molecule has 0 aliphatic rings. The van der Waals surface area contributed by atoms with E-state index in [1.807, 2.05) is 0 Å². The van der Waals surface area contributed by atoms with Gasteiger partial charge in [0.2, 0.25) is 0 Å². The van der Waals surface area contributed by atoms with E-state index in [0.29, 0.717) is 16.8 Å². The van der Waals surface area contributed by atoms with Crippen molar-refractivity contribution in [3.8, 4) is 0 Å². The number of nitrogens with one attached hydrogen (secondary N) is 1. The molecule has 0 aromatic heterocycles. The number of amides is 1. The van der Waals surface area contributed by atoms with Crippen molar-refractivity contribution < 1.29 is 19.4 Å². The topological polar surface area (TPSA) is 124 Å². The fourth-order valence-electron chi connectivity index (χ4n) is 1.73. The molecule has 0 heterocycles. The summed E-state index contributed by atoms with van der Waals surface area (Å²) in [5.41, 5.74) is 9.44. The summed E-state index contributed by atoms with van der Waals surface area (Å²) in [6, 6.07) is 2.99. The van der Waals surface area contributed by atoms with Crippen LogP contribution in [0.5, 0.6) is 0 Å². The first kappa shape index (κ1) is 17.3. The minimum Gasteiger partial charge on any atom is -0.481 e. The van der Waals surface area contributed by atoms with Gasteiger partial charge in [0.25, 0.3) is 0 Å². The third kappa shape index (κ3) is 5.34. The lowest BCUT2D eigenvalue weighted by molar-refractivity contribution is -0.136. The molecule has 118 valence electrons. The fraction of sp³-hybridized carbons (Fsp3) is 0.429. The number of hydrogen-bond donors (Lipinski definition) is 2. The van der Waals surface area contributed by atoms with Crippen molar-refractivity contribution in [1.29, 1.82) is 0 Å². The Balaban J connectivity index is 3.16. The van der Waals surface area contributed by atoms with Crippen LogP contribution in [0.25, 0.3) is 10.4 Å². The molecule has 0 unspecified atom stereocenters. The summed E-state index contributed by atoms with van der Waals surface area (Å²) in [7, 11) is 0. The molecule has 8 nitrogen and oxygen atoms in total. The third-order valence-electron chi connectivity index (χ3n) is 2.58. The van der Waals surface area contributed by atoms with Gasteiger partial charge in [0.05, 0.1) is 6.42 Å². The van der Waals surface area contributed by atoms with E-state index in [0.717, 1.165) is 0 Å². The normalized spacial score (nSPS) is 10.5. The van der Waals surface area contributed by atoms with Gasteiger partial charge in [0.15, 0.2) is 0 Å². The number of hydrogen-bond acceptors (Lipinski definition) is 4. The van der Waals surface area contributed by atoms with Crippen molar-refractivity contribution >= 4 is 23.4 Å². The molecule has 1 aromatic carbocycles. The van der Waals surface area contributed by atoms with E-state index in [1.165, 1.54) is 12.1 Å². The quantitative estimate of drug-likeness (QED) is 0.497. The Kier molecular flexibility index (Phi) is 5.37. The zero-order valence-electron chi connectivity index (χ0n) is 12.9. The molecular weight excluding hydrogens is 288 g/mol. The van der Waals surface area contributed by atoms with E-state index in [1.54, 1.807) is 27.7 Å². The van der Waals surface area contributed by atoms with Gasteiger partial charge in [0.1, 0.15) is 5.60 Å². The molecule has 1 aromatic rings. The lowest BCUT2D eigenvalue weighted by atomic mass is 10.1. The third-order valence-corrected chi connectivity index (χ3v) is 2.58. The molecule has 0 aliphatic carbocycles. The van der Waals surface area contributed by atoms with Gasteiger partial charge < -0.3 is 9.84 Å². The number of carbonyl (C=O) groups excluding carboxylic acids is 1. The van der Waals surface area contributed by atoms with Crippen molar-refractivity contribution in [2.75, 3.05) is 5.32 Å². The van der Waals surface area contributed by atoms with Crippen LogP contribution in [0, 0.1) is 6.92 Å². The molecule has 1 rings (SSSR count). The summed E-state index contributed by atoms with van der Waals surface area (Å²) in [5.74, 6) is -1.03. The summed E-state index contributed by atoms with van der Waals surface area (Å²) >= 11 is 0. The maximum absolute atomic E-state index is 11.8. The number of rotatable bonds is 4. The summed E-state index contributed by atoms with van der Waals surface area (Å²) in [5, 5.41) is 14.9. The smallest absolute Gasteiger partial charge is 0.412 e. The second-order valence-electron chi connectivity index (χ2n) is 5.67. The van der Waals surface area contributed by atoms with Crippen LogP contribution in [0.2, 0.25) is 0 Å². The number of carbonyl (C=O) groups is 2. The molecule has 22 heavy (non-hydrogen) atoms. The highest BCUT2D eigenvalue weighted by Crippen LogP contribution is 2.29. The van der Waals surface area contributed by atoms with Crippen LogP contribution in [0.4, 0.5) is 16.2 Å². The average Bonchev–Trinajstić information content (AvgIpc) is 2.32. The molecule has 0 atom stereocenters. The van der Waals surface area contributed by atoms with E-state index in [-0.39, 0.29) is 12.1 Å². The van der Waals surface area contributed by atoms with Gasteiger partial charge >= 0.3 is 12.1 Å². The molecule has 2 N–H and O–H groups in total. The first-order valence-electron chi connectivity index (χ1n) is 6.53. The van der Waals surface area contributed by atoms with Crippen molar-refractivity contribution in [1.82, 2.24) is 0 Å². The van der Waals surface area contributed by atoms with E-state index in [2.05, 4.69) is 15.3 Å². The number of ether oxygens (including phenoxy) is 1. The van der Waals surface area contributed by atoms with E-state index < -0.39 is 17.7 Å². The Morgan fingerprint density at radius 3 is 2.55 bits per heavy atom. The second kappa shape index (κ2) is 6.82. The number of nitrogens with zero attached hydrogens (tertiary/aromatic N) is 3. The van der Waals surface area contributed by atoms with Crippen molar-refractivity contribution in [2.45, 2.75) is 39.7 Å². The van der Waals surface area contributed by atoms with Crippen molar-refractivity contribution in [3.63, 3.8) is 0 Å². The summed E-state index contributed by atoms with van der Waals surface area (Å²) < 4.78 is 5.15. The Morgan fingerprint density at radius 2 is 2.05 bits per heavy atom. The molecule has 0 bridgehead atoms. The first-order chi connectivity index (χ1) is 10.1. The Labute approximate surface area is 127 Å². The SMILES string of the molecule is Cc1c(N=[N+]=[N-])cc(CC(=O)O)cc1NC(=O)OC(C)(C)C. The largest absolute Gasteiger partial charge is 0.481 e. The standard InChI is InChI=1S/C14H18N4O4/c1-8-10(16-13(21)22-14(2,3)4)5-9(7-12(19)20)6-11(8)17-18-15/h5-6H,7H2,1-4H3,(H,16,21)(H,19,20). The molecule has 0 saturated carbocycles. The van der Waals surface area contributed by atoms with Crippen molar-refractivity contribution in [2.24, 2.45) is 5.11 Å². The minimum absolute atomic E-state index is 0.253. The predicted molar refractivity (Wildman–Crippen MR) is 81.2 cm³/mol. The number of azide groups is 1. The zero-order valence-corrected chi connectivity index (χ0v) is 12.9. The zero-order chi connectivity index (χ0) is 16.9. The second-order valence-corrected chi connectivity index (χ2v) is 5.67. The highest BCUT2D eigenvalue weighted by Gasteiger charge is 2.18. The maximum Gasteiger partial charge on any atom is 0.412 e. The van der Waals surface area contributed by atoms with Gasteiger partial charge in [-0.2, -0.15) is 0 Å². The van der Waals surface area contributed by atoms with Crippen LogP contribution in [0.15, 0.2) is 17.2 Å². The molecule has 8 heteroatoms. The van der Waals surface area contributed by atoms with Gasteiger partial charge in [-0.3, -0.25) is 10.1 Å². The van der Waals surface area contributed by atoms with Gasteiger partial charge in [-0.15, -0.1) is 0 Å². The maximum atomic E-state index is 11.8. The average molecular weight is 306 g/mol. The van der Waals surface area contributed by atoms with Crippen LogP contribution in [-0.2, 0) is 16.0 Å². The number of anilines is 1. The molecule has 0 aliphatic heterocycles. The molecule has 0 fully saturated rings. The number of carboxylic acids is 1. The summed E-state index contributed by atoms with van der Waals surface area (Å²) in [6.45, 7) is 6.84. The fourth-order valence-corrected chi connectivity index (χ4v) is 1.73. The lowest BCUT2D eigenvalue weighted by Gasteiger charge is -2.20. The van der Waals surface area contributed by atoms with Gasteiger partial charge in [-0.1, -0.05) is 5.11 Å². The number of aliphatic carboxylic acids is 1.